The summed E-state index contributed by atoms with van der Waals surface area (Å²) in [7, 11) is 0. The number of nitrogens with one attached hydrogen (secondary N) is 1. The molecular formula is C14H20N6. The number of anilines is 1. The molecule has 0 amide bonds. The smallest absolute Gasteiger partial charge is 0.263 e. The number of hydrogen-bond donors (Lipinski definition) is 2. The van der Waals surface area contributed by atoms with E-state index in [4.69, 9.17) is 5.84 Å². The van der Waals surface area contributed by atoms with Crippen LogP contribution in [0.1, 0.15) is 43.6 Å². The fraction of sp³-hybridized carbons (Fsp3) is 0.357. The molecular weight excluding hydrogens is 252 g/mol. The fourth-order valence-electron chi connectivity index (χ4n) is 1.77. The second kappa shape index (κ2) is 6.18. The average Bonchev–Trinajstić information content (AvgIpc) is 2.80. The van der Waals surface area contributed by atoms with Gasteiger partial charge >= 0.3 is 0 Å². The van der Waals surface area contributed by atoms with Crippen LogP contribution >= 0.6 is 0 Å². The zero-order valence-corrected chi connectivity index (χ0v) is 12.0. The molecule has 1 aromatic heterocycles. The quantitative estimate of drug-likeness (QED) is 0.496. The van der Waals surface area contributed by atoms with Gasteiger partial charge in [0.05, 0.1) is 6.21 Å². The van der Waals surface area contributed by atoms with Crippen LogP contribution in [-0.4, -0.2) is 21.1 Å². The summed E-state index contributed by atoms with van der Waals surface area (Å²) in [6.45, 7) is 6.31. The molecule has 0 spiro atoms. The largest absolute Gasteiger partial charge is 0.335 e. The summed E-state index contributed by atoms with van der Waals surface area (Å²) in [6, 6.07) is 8.27. The van der Waals surface area contributed by atoms with Crippen molar-refractivity contribution in [3.63, 3.8) is 0 Å². The van der Waals surface area contributed by atoms with Gasteiger partial charge in [0.2, 0.25) is 0 Å². The predicted molar refractivity (Wildman–Crippen MR) is 81.3 cm³/mol. The molecule has 2 aromatic rings. The summed E-state index contributed by atoms with van der Waals surface area (Å²) in [6.07, 6.45) is 2.45. The fourth-order valence-corrected chi connectivity index (χ4v) is 1.77. The Balaban J connectivity index is 2.00. The number of aryl methyl sites for hydroxylation is 1. The first-order valence-electron chi connectivity index (χ1n) is 6.70. The number of nitrogens with two attached hydrogens (primary N) is 1. The minimum absolute atomic E-state index is 0.428. The standard InChI is InChI=1S/C14H20N6/c1-4-13-17-19-14(20(13)15)18-16-9-11-5-7-12(8-6-11)10(2)3/h5-10H,4,15H2,1-3H3,(H,18,19)/b16-9-. The van der Waals surface area contributed by atoms with Gasteiger partial charge in [-0.1, -0.05) is 45.0 Å². The van der Waals surface area contributed by atoms with E-state index in [1.54, 1.807) is 6.21 Å². The third-order valence-corrected chi connectivity index (χ3v) is 3.06. The summed E-state index contributed by atoms with van der Waals surface area (Å²) in [5.41, 5.74) is 5.11. The van der Waals surface area contributed by atoms with E-state index in [-0.39, 0.29) is 0 Å². The van der Waals surface area contributed by atoms with Crippen molar-refractivity contribution in [1.82, 2.24) is 14.9 Å². The molecule has 0 saturated carbocycles. The van der Waals surface area contributed by atoms with Crippen molar-refractivity contribution in [3.05, 3.63) is 41.2 Å². The molecule has 0 bridgehead atoms. The van der Waals surface area contributed by atoms with Crippen molar-refractivity contribution in [1.29, 1.82) is 0 Å². The first-order valence-corrected chi connectivity index (χ1v) is 6.70. The summed E-state index contributed by atoms with van der Waals surface area (Å²) in [5.74, 6) is 7.47. The topological polar surface area (TPSA) is 81.1 Å². The van der Waals surface area contributed by atoms with Crippen LogP contribution in [-0.2, 0) is 6.42 Å². The van der Waals surface area contributed by atoms with Crippen molar-refractivity contribution in [2.45, 2.75) is 33.1 Å². The number of aromatic nitrogens is 3. The SMILES string of the molecule is CCc1nnc(N/N=C\c2ccc(C(C)C)cc2)n1N. The van der Waals surface area contributed by atoms with Gasteiger partial charge in [-0.2, -0.15) is 5.10 Å². The highest BCUT2D eigenvalue weighted by molar-refractivity contribution is 5.80. The van der Waals surface area contributed by atoms with Gasteiger partial charge in [0, 0.05) is 6.42 Å². The lowest BCUT2D eigenvalue weighted by Gasteiger charge is -2.04. The molecule has 0 unspecified atom stereocenters. The average molecular weight is 272 g/mol. The van der Waals surface area contributed by atoms with Crippen LogP contribution in [0.3, 0.4) is 0 Å². The van der Waals surface area contributed by atoms with E-state index in [9.17, 15) is 0 Å². The first-order chi connectivity index (χ1) is 9.61. The van der Waals surface area contributed by atoms with Crippen LogP contribution in [0.4, 0.5) is 5.95 Å². The third-order valence-electron chi connectivity index (χ3n) is 3.06. The first kappa shape index (κ1) is 14.0. The highest BCUT2D eigenvalue weighted by Gasteiger charge is 2.05. The molecule has 1 heterocycles. The molecule has 6 nitrogen and oxygen atoms in total. The number of nitrogens with zero attached hydrogens (tertiary/aromatic N) is 4. The monoisotopic (exact) mass is 272 g/mol. The van der Waals surface area contributed by atoms with Gasteiger partial charge in [-0.15, -0.1) is 10.2 Å². The maximum Gasteiger partial charge on any atom is 0.263 e. The Hall–Kier alpha value is -2.37. The summed E-state index contributed by atoms with van der Waals surface area (Å²) < 4.78 is 1.40. The molecule has 0 radical (unpaired) electrons. The van der Waals surface area contributed by atoms with Crippen LogP contribution in [0.15, 0.2) is 29.4 Å². The normalized spacial score (nSPS) is 11.4. The zero-order valence-electron chi connectivity index (χ0n) is 12.0. The van der Waals surface area contributed by atoms with E-state index >= 15 is 0 Å². The van der Waals surface area contributed by atoms with Crippen LogP contribution in [0.25, 0.3) is 0 Å². The van der Waals surface area contributed by atoms with Gasteiger partial charge in [-0.25, -0.2) is 10.1 Å². The Kier molecular flexibility index (Phi) is 4.34. The van der Waals surface area contributed by atoms with Crippen molar-refractivity contribution in [2.75, 3.05) is 11.3 Å². The van der Waals surface area contributed by atoms with E-state index in [2.05, 4.69) is 46.7 Å². The van der Waals surface area contributed by atoms with E-state index < -0.39 is 0 Å². The van der Waals surface area contributed by atoms with Crippen molar-refractivity contribution >= 4 is 12.2 Å². The Morgan fingerprint density at radius 1 is 1.30 bits per heavy atom. The molecule has 0 atom stereocenters. The van der Waals surface area contributed by atoms with E-state index in [0.29, 0.717) is 17.7 Å². The van der Waals surface area contributed by atoms with E-state index in [1.165, 1.54) is 10.2 Å². The maximum atomic E-state index is 5.80. The zero-order chi connectivity index (χ0) is 14.5. The molecule has 1 aromatic carbocycles. The van der Waals surface area contributed by atoms with Crippen LogP contribution in [0.5, 0.6) is 0 Å². The summed E-state index contributed by atoms with van der Waals surface area (Å²) in [5, 5.41) is 12.0. The lowest BCUT2D eigenvalue weighted by atomic mass is 10.0. The molecule has 3 N–H and O–H groups in total. The number of hydrazone groups is 1. The molecule has 0 aliphatic carbocycles. The van der Waals surface area contributed by atoms with Gasteiger partial charge in [-0.05, 0) is 17.0 Å². The molecule has 2 rings (SSSR count). The Bertz CT molecular complexity index is 582. The second-order valence-electron chi connectivity index (χ2n) is 4.85. The van der Waals surface area contributed by atoms with Gasteiger partial charge < -0.3 is 5.84 Å². The van der Waals surface area contributed by atoms with Crippen LogP contribution in [0.2, 0.25) is 0 Å². The van der Waals surface area contributed by atoms with Crippen molar-refractivity contribution < 1.29 is 0 Å². The number of hydrogen-bond acceptors (Lipinski definition) is 5. The highest BCUT2D eigenvalue weighted by Crippen LogP contribution is 2.13. The Morgan fingerprint density at radius 2 is 2.00 bits per heavy atom. The van der Waals surface area contributed by atoms with Crippen LogP contribution in [0, 0.1) is 0 Å². The molecule has 0 aliphatic heterocycles. The number of nitrogen functional groups attached to an aromatic ring is 1. The minimum atomic E-state index is 0.428. The summed E-state index contributed by atoms with van der Waals surface area (Å²) in [4.78, 5) is 0. The van der Waals surface area contributed by atoms with Gasteiger partial charge in [0.15, 0.2) is 5.82 Å². The van der Waals surface area contributed by atoms with Crippen LogP contribution < -0.4 is 11.3 Å². The highest BCUT2D eigenvalue weighted by atomic mass is 15.5. The van der Waals surface area contributed by atoms with Crippen molar-refractivity contribution in [2.24, 2.45) is 5.10 Å². The van der Waals surface area contributed by atoms with E-state index in [0.717, 1.165) is 12.0 Å². The maximum absolute atomic E-state index is 5.80. The third kappa shape index (κ3) is 3.14. The Labute approximate surface area is 118 Å². The molecule has 106 valence electrons. The molecule has 6 heteroatoms. The number of benzene rings is 1. The lowest BCUT2D eigenvalue weighted by molar-refractivity contribution is 0.855. The van der Waals surface area contributed by atoms with Gasteiger partial charge in [0.1, 0.15) is 0 Å². The molecule has 0 fully saturated rings. The molecule has 0 aliphatic rings. The minimum Gasteiger partial charge on any atom is -0.335 e. The second-order valence-corrected chi connectivity index (χ2v) is 4.85. The molecule has 20 heavy (non-hydrogen) atoms. The molecule has 0 saturated heterocycles. The van der Waals surface area contributed by atoms with E-state index in [1.807, 2.05) is 19.1 Å². The lowest BCUT2D eigenvalue weighted by Crippen LogP contribution is -2.14. The summed E-state index contributed by atoms with van der Waals surface area (Å²) >= 11 is 0. The predicted octanol–water partition coefficient (Wildman–Crippen LogP) is 2.12. The van der Waals surface area contributed by atoms with Gasteiger partial charge in [-0.3, -0.25) is 0 Å². The van der Waals surface area contributed by atoms with Crippen molar-refractivity contribution in [3.8, 4) is 0 Å². The van der Waals surface area contributed by atoms with Gasteiger partial charge in [0.25, 0.3) is 5.95 Å². The Morgan fingerprint density at radius 3 is 2.55 bits per heavy atom. The number of rotatable bonds is 5.